The van der Waals surface area contributed by atoms with Gasteiger partial charge in [0, 0.05) is 12.6 Å². The van der Waals surface area contributed by atoms with E-state index in [2.05, 4.69) is 5.32 Å². The normalized spacial score (nSPS) is 17.6. The molecule has 1 atom stereocenters. The fraction of sp³-hybridized carbons (Fsp3) is 0.600. The van der Waals surface area contributed by atoms with Crippen LogP contribution in [-0.2, 0) is 6.18 Å². The molecule has 6 heteroatoms. The Bertz CT molecular complexity index is 469. The minimum Gasteiger partial charge on any atom is -0.329 e. The lowest BCUT2D eigenvalue weighted by molar-refractivity contribution is -0.137. The SMILES string of the molecule is NCC(NCCC1CCC1)c1cc(F)cc(C(F)(F)F)c1. The van der Waals surface area contributed by atoms with Crippen LogP contribution in [-0.4, -0.2) is 13.1 Å². The van der Waals surface area contributed by atoms with Crippen LogP contribution in [0.5, 0.6) is 0 Å². The zero-order valence-corrected chi connectivity index (χ0v) is 11.7. The van der Waals surface area contributed by atoms with Crippen molar-refractivity contribution in [3.05, 3.63) is 35.1 Å². The van der Waals surface area contributed by atoms with Crippen molar-refractivity contribution >= 4 is 0 Å². The number of alkyl halides is 3. The number of nitrogens with two attached hydrogens (primary N) is 1. The standard InChI is InChI=1S/C15H20F4N2/c16-13-7-11(6-12(8-13)15(17,18)19)14(9-20)21-5-4-10-2-1-3-10/h6-8,10,14,21H,1-5,9,20H2. The van der Waals surface area contributed by atoms with E-state index in [9.17, 15) is 17.6 Å². The molecule has 0 heterocycles. The fourth-order valence-electron chi connectivity index (χ4n) is 2.56. The van der Waals surface area contributed by atoms with Crippen LogP contribution in [0.1, 0.15) is 42.9 Å². The summed E-state index contributed by atoms with van der Waals surface area (Å²) in [6.45, 7) is 0.815. The van der Waals surface area contributed by atoms with E-state index in [0.29, 0.717) is 18.5 Å². The maximum atomic E-state index is 13.4. The van der Waals surface area contributed by atoms with Gasteiger partial charge in [0.2, 0.25) is 0 Å². The number of halogens is 4. The summed E-state index contributed by atoms with van der Waals surface area (Å²) in [5.41, 5.74) is 4.88. The first-order valence-corrected chi connectivity index (χ1v) is 7.21. The quantitative estimate of drug-likeness (QED) is 0.788. The highest BCUT2D eigenvalue weighted by Crippen LogP contribution is 2.32. The second kappa shape index (κ2) is 6.75. The minimum atomic E-state index is -4.55. The maximum absolute atomic E-state index is 13.4. The zero-order chi connectivity index (χ0) is 15.5. The molecule has 0 bridgehead atoms. The third-order valence-corrected chi connectivity index (χ3v) is 4.05. The van der Waals surface area contributed by atoms with Gasteiger partial charge in [0.1, 0.15) is 5.82 Å². The van der Waals surface area contributed by atoms with Crippen molar-refractivity contribution < 1.29 is 17.6 Å². The zero-order valence-electron chi connectivity index (χ0n) is 11.7. The van der Waals surface area contributed by atoms with Crippen LogP contribution in [0.15, 0.2) is 18.2 Å². The first kappa shape index (κ1) is 16.2. The summed E-state index contributed by atoms with van der Waals surface area (Å²) in [4.78, 5) is 0. The highest BCUT2D eigenvalue weighted by atomic mass is 19.4. The average molecular weight is 304 g/mol. The minimum absolute atomic E-state index is 0.130. The molecule has 1 aliphatic rings. The highest BCUT2D eigenvalue weighted by Gasteiger charge is 2.32. The molecule has 0 aromatic heterocycles. The summed E-state index contributed by atoms with van der Waals surface area (Å²) in [5, 5.41) is 3.13. The molecule has 1 unspecified atom stereocenters. The maximum Gasteiger partial charge on any atom is 0.416 e. The van der Waals surface area contributed by atoms with Crippen LogP contribution in [0.3, 0.4) is 0 Å². The second-order valence-corrected chi connectivity index (χ2v) is 5.60. The topological polar surface area (TPSA) is 38.0 Å². The second-order valence-electron chi connectivity index (χ2n) is 5.60. The Morgan fingerprint density at radius 2 is 1.95 bits per heavy atom. The molecule has 2 rings (SSSR count). The molecule has 1 aromatic carbocycles. The Hall–Kier alpha value is -1.14. The monoisotopic (exact) mass is 304 g/mol. The number of rotatable bonds is 6. The molecular formula is C15H20F4N2. The summed E-state index contributed by atoms with van der Waals surface area (Å²) in [6, 6.07) is 2.13. The van der Waals surface area contributed by atoms with Gasteiger partial charge in [-0.05, 0) is 42.6 Å². The van der Waals surface area contributed by atoms with Crippen LogP contribution in [0.4, 0.5) is 17.6 Å². The number of hydrogen-bond donors (Lipinski definition) is 2. The smallest absolute Gasteiger partial charge is 0.329 e. The third-order valence-electron chi connectivity index (χ3n) is 4.05. The predicted octanol–water partition coefficient (Wildman–Crippen LogP) is 3.62. The van der Waals surface area contributed by atoms with E-state index in [-0.39, 0.29) is 12.1 Å². The molecule has 0 amide bonds. The Labute approximate surface area is 121 Å². The van der Waals surface area contributed by atoms with Gasteiger partial charge in [-0.1, -0.05) is 19.3 Å². The van der Waals surface area contributed by atoms with Crippen molar-refractivity contribution in [1.29, 1.82) is 0 Å². The first-order valence-electron chi connectivity index (χ1n) is 7.21. The van der Waals surface area contributed by atoms with Crippen molar-refractivity contribution in [3.8, 4) is 0 Å². The lowest BCUT2D eigenvalue weighted by Gasteiger charge is -2.26. The van der Waals surface area contributed by atoms with Gasteiger partial charge in [0.15, 0.2) is 0 Å². The summed E-state index contributed by atoms with van der Waals surface area (Å²) < 4.78 is 51.5. The lowest BCUT2D eigenvalue weighted by atomic mass is 9.83. The van der Waals surface area contributed by atoms with Crippen molar-refractivity contribution in [2.24, 2.45) is 11.7 Å². The number of benzene rings is 1. The van der Waals surface area contributed by atoms with Gasteiger partial charge >= 0.3 is 6.18 Å². The summed E-state index contributed by atoms with van der Waals surface area (Å²) in [5.74, 6) is -0.187. The molecule has 1 aromatic rings. The van der Waals surface area contributed by atoms with Gasteiger partial charge in [-0.2, -0.15) is 13.2 Å². The Kier molecular flexibility index (Phi) is 5.22. The molecule has 118 valence electrons. The molecule has 0 aliphatic heterocycles. The number of hydrogen-bond acceptors (Lipinski definition) is 2. The fourth-order valence-corrected chi connectivity index (χ4v) is 2.56. The van der Waals surface area contributed by atoms with Gasteiger partial charge in [-0.15, -0.1) is 0 Å². The lowest BCUT2D eigenvalue weighted by Crippen LogP contribution is -2.31. The highest BCUT2D eigenvalue weighted by molar-refractivity contribution is 5.29. The molecular weight excluding hydrogens is 284 g/mol. The summed E-state index contributed by atoms with van der Waals surface area (Å²) in [6.07, 6.45) is 0.115. The third kappa shape index (κ3) is 4.41. The van der Waals surface area contributed by atoms with E-state index in [1.54, 1.807) is 0 Å². The molecule has 21 heavy (non-hydrogen) atoms. The Morgan fingerprint density at radius 3 is 2.48 bits per heavy atom. The average Bonchev–Trinajstić information content (AvgIpc) is 2.35. The van der Waals surface area contributed by atoms with Crippen LogP contribution in [0.25, 0.3) is 0 Å². The van der Waals surface area contributed by atoms with Crippen LogP contribution in [0, 0.1) is 11.7 Å². The van der Waals surface area contributed by atoms with Gasteiger partial charge in [-0.3, -0.25) is 0 Å². The molecule has 0 radical (unpaired) electrons. The Morgan fingerprint density at radius 1 is 1.24 bits per heavy atom. The van der Waals surface area contributed by atoms with Crippen molar-refractivity contribution in [2.75, 3.05) is 13.1 Å². The van der Waals surface area contributed by atoms with Crippen LogP contribution in [0.2, 0.25) is 0 Å². The van der Waals surface area contributed by atoms with Crippen molar-refractivity contribution in [1.82, 2.24) is 5.32 Å². The van der Waals surface area contributed by atoms with Gasteiger partial charge in [-0.25, -0.2) is 4.39 Å². The van der Waals surface area contributed by atoms with E-state index < -0.39 is 23.6 Å². The van der Waals surface area contributed by atoms with Gasteiger partial charge in [0.25, 0.3) is 0 Å². The molecule has 1 saturated carbocycles. The first-order chi connectivity index (χ1) is 9.90. The van der Waals surface area contributed by atoms with E-state index in [1.165, 1.54) is 19.3 Å². The molecule has 3 N–H and O–H groups in total. The largest absolute Gasteiger partial charge is 0.416 e. The Balaban J connectivity index is 2.03. The van der Waals surface area contributed by atoms with Crippen molar-refractivity contribution in [2.45, 2.75) is 37.9 Å². The summed E-state index contributed by atoms with van der Waals surface area (Å²) in [7, 11) is 0. The van der Waals surface area contributed by atoms with E-state index >= 15 is 0 Å². The molecule has 0 saturated heterocycles. The van der Waals surface area contributed by atoms with Crippen molar-refractivity contribution in [3.63, 3.8) is 0 Å². The van der Waals surface area contributed by atoms with Gasteiger partial charge < -0.3 is 11.1 Å². The van der Waals surface area contributed by atoms with Gasteiger partial charge in [0.05, 0.1) is 5.56 Å². The van der Waals surface area contributed by atoms with Crippen LogP contribution >= 0.6 is 0 Å². The summed E-state index contributed by atoms with van der Waals surface area (Å²) >= 11 is 0. The molecule has 2 nitrogen and oxygen atoms in total. The van der Waals surface area contributed by atoms with E-state index in [4.69, 9.17) is 5.73 Å². The predicted molar refractivity (Wildman–Crippen MR) is 73.2 cm³/mol. The number of nitrogens with one attached hydrogen (secondary N) is 1. The van der Waals surface area contributed by atoms with Crippen LogP contribution < -0.4 is 11.1 Å². The molecule has 1 fully saturated rings. The van der Waals surface area contributed by atoms with E-state index in [1.807, 2.05) is 0 Å². The molecule has 1 aliphatic carbocycles. The van der Waals surface area contributed by atoms with E-state index in [0.717, 1.165) is 18.6 Å². The molecule has 0 spiro atoms.